The molecule has 0 unspecified atom stereocenters. The Morgan fingerprint density at radius 3 is 1.54 bits per heavy atom. The molecule has 3 aromatic heterocycles. The molecule has 2 nitrogen and oxygen atoms in total. The van der Waals surface area contributed by atoms with Crippen molar-refractivity contribution in [1.82, 2.24) is 9.13 Å². The summed E-state index contributed by atoms with van der Waals surface area (Å²) in [6, 6.07) is 58.0. The Morgan fingerprint density at radius 1 is 0.348 bits per heavy atom. The van der Waals surface area contributed by atoms with Crippen LogP contribution in [0.3, 0.4) is 0 Å². The molecule has 0 radical (unpaired) electrons. The lowest BCUT2D eigenvalue weighted by atomic mass is 10.0. The molecule has 0 atom stereocenters. The lowest BCUT2D eigenvalue weighted by molar-refractivity contribution is 1.17. The highest BCUT2D eigenvalue weighted by molar-refractivity contribution is 7.25. The molecule has 46 heavy (non-hydrogen) atoms. The summed E-state index contributed by atoms with van der Waals surface area (Å²) in [4.78, 5) is 0. The molecule has 0 bridgehead atoms. The molecule has 0 N–H and O–H groups in total. The number of thiophene rings is 1. The summed E-state index contributed by atoms with van der Waals surface area (Å²) in [5.41, 5.74) is 10.00. The Balaban J connectivity index is 1.10. The van der Waals surface area contributed by atoms with Crippen molar-refractivity contribution in [3.05, 3.63) is 169 Å². The zero-order valence-electron chi connectivity index (χ0n) is 25.0. The number of fused-ring (bicyclic) bond motifs is 9. The maximum absolute atomic E-state index is 2.44. The number of hydrogen-bond donors (Lipinski definition) is 0. The Hall–Kier alpha value is -5.64. The monoisotopic (exact) mass is 604 g/mol. The Morgan fingerprint density at radius 2 is 0.870 bits per heavy atom. The molecule has 3 heteroatoms. The van der Waals surface area contributed by atoms with Gasteiger partial charge < -0.3 is 9.13 Å². The molecule has 0 amide bonds. The van der Waals surface area contributed by atoms with E-state index in [9.17, 15) is 0 Å². The van der Waals surface area contributed by atoms with Crippen LogP contribution in [0.15, 0.2) is 158 Å². The van der Waals surface area contributed by atoms with Crippen molar-refractivity contribution >= 4 is 75.1 Å². The van der Waals surface area contributed by atoms with E-state index in [0.29, 0.717) is 0 Å². The second-order valence-corrected chi connectivity index (χ2v) is 13.3. The minimum Gasteiger partial charge on any atom is -0.309 e. The molecular formula is C43H28N2S. The highest BCUT2D eigenvalue weighted by Crippen LogP contribution is 2.38. The second kappa shape index (κ2) is 9.93. The van der Waals surface area contributed by atoms with Gasteiger partial charge in [-0.05, 0) is 90.3 Å². The summed E-state index contributed by atoms with van der Waals surface area (Å²) in [7, 11) is 0. The van der Waals surface area contributed by atoms with E-state index in [-0.39, 0.29) is 0 Å². The van der Waals surface area contributed by atoms with Gasteiger partial charge in [0.2, 0.25) is 0 Å². The average Bonchev–Trinajstić information content (AvgIpc) is 3.76. The SMILES string of the molecule is c1ccc(-n2c3ccccc3c3cc(Cc4ccc5c(c4)c4ccccc4n5-c4ccc5sc6ccccc6c5c4)ccc32)cc1. The van der Waals surface area contributed by atoms with Gasteiger partial charge in [-0.15, -0.1) is 11.3 Å². The van der Waals surface area contributed by atoms with E-state index in [1.807, 2.05) is 11.3 Å². The van der Waals surface area contributed by atoms with Crippen LogP contribution >= 0.6 is 11.3 Å². The molecule has 216 valence electrons. The minimum absolute atomic E-state index is 0.878. The lowest BCUT2D eigenvalue weighted by Gasteiger charge is -2.09. The highest BCUT2D eigenvalue weighted by atomic mass is 32.1. The summed E-state index contributed by atoms with van der Waals surface area (Å²) < 4.78 is 7.48. The van der Waals surface area contributed by atoms with Crippen LogP contribution in [0.1, 0.15) is 11.1 Å². The topological polar surface area (TPSA) is 9.86 Å². The van der Waals surface area contributed by atoms with Crippen molar-refractivity contribution in [3.8, 4) is 11.4 Å². The van der Waals surface area contributed by atoms with Crippen molar-refractivity contribution in [2.45, 2.75) is 6.42 Å². The van der Waals surface area contributed by atoms with E-state index < -0.39 is 0 Å². The molecule has 7 aromatic carbocycles. The first-order valence-corrected chi connectivity index (χ1v) is 16.6. The van der Waals surface area contributed by atoms with Crippen LogP contribution in [0.2, 0.25) is 0 Å². The van der Waals surface area contributed by atoms with Gasteiger partial charge in [-0.25, -0.2) is 0 Å². The van der Waals surface area contributed by atoms with Crippen LogP contribution in [-0.2, 0) is 6.42 Å². The zero-order valence-corrected chi connectivity index (χ0v) is 25.8. The molecule has 0 aliphatic heterocycles. The Labute approximate surface area is 270 Å². The van der Waals surface area contributed by atoms with Crippen molar-refractivity contribution in [1.29, 1.82) is 0 Å². The van der Waals surface area contributed by atoms with Gasteiger partial charge >= 0.3 is 0 Å². The van der Waals surface area contributed by atoms with Crippen molar-refractivity contribution in [2.24, 2.45) is 0 Å². The highest BCUT2D eigenvalue weighted by Gasteiger charge is 2.16. The molecule has 0 aliphatic carbocycles. The maximum Gasteiger partial charge on any atom is 0.0541 e. The molecule has 0 spiro atoms. The van der Waals surface area contributed by atoms with Gasteiger partial charge in [0.05, 0.1) is 22.1 Å². The van der Waals surface area contributed by atoms with E-state index in [1.54, 1.807) is 0 Å². The number of hydrogen-bond acceptors (Lipinski definition) is 1. The van der Waals surface area contributed by atoms with E-state index in [1.165, 1.54) is 86.3 Å². The molecule has 0 saturated carbocycles. The minimum atomic E-state index is 0.878. The summed E-state index contributed by atoms with van der Waals surface area (Å²) in [5.74, 6) is 0. The molecule has 10 rings (SSSR count). The third kappa shape index (κ3) is 3.82. The first kappa shape index (κ1) is 25.7. The predicted molar refractivity (Wildman–Crippen MR) is 197 cm³/mol. The number of nitrogens with zero attached hydrogens (tertiary/aromatic N) is 2. The Bertz CT molecular complexity index is 2780. The molecular weight excluding hydrogens is 577 g/mol. The second-order valence-electron chi connectivity index (χ2n) is 12.2. The van der Waals surface area contributed by atoms with Gasteiger partial charge in [-0.2, -0.15) is 0 Å². The maximum atomic E-state index is 2.44. The van der Waals surface area contributed by atoms with Gasteiger partial charge in [0.15, 0.2) is 0 Å². The fourth-order valence-corrected chi connectivity index (χ4v) is 8.57. The van der Waals surface area contributed by atoms with Crippen LogP contribution in [0.4, 0.5) is 0 Å². The number of benzene rings is 7. The third-order valence-electron chi connectivity index (χ3n) is 9.52. The van der Waals surface area contributed by atoms with Crippen LogP contribution in [0.25, 0.3) is 75.2 Å². The summed E-state index contributed by atoms with van der Waals surface area (Å²) in [5, 5.41) is 7.82. The van der Waals surface area contributed by atoms with E-state index in [0.717, 1.165) is 6.42 Å². The number of rotatable bonds is 4. The predicted octanol–water partition coefficient (Wildman–Crippen LogP) is 11.8. The van der Waals surface area contributed by atoms with Gasteiger partial charge in [-0.3, -0.25) is 0 Å². The fourth-order valence-electron chi connectivity index (χ4n) is 7.48. The third-order valence-corrected chi connectivity index (χ3v) is 10.7. The number of aromatic nitrogens is 2. The van der Waals surface area contributed by atoms with Crippen LogP contribution < -0.4 is 0 Å². The van der Waals surface area contributed by atoms with E-state index in [2.05, 4.69) is 167 Å². The van der Waals surface area contributed by atoms with Crippen molar-refractivity contribution in [2.75, 3.05) is 0 Å². The molecule has 0 fully saturated rings. The lowest BCUT2D eigenvalue weighted by Crippen LogP contribution is -1.94. The molecule has 10 aromatic rings. The summed E-state index contributed by atoms with van der Waals surface area (Å²) in [6.07, 6.45) is 0.878. The van der Waals surface area contributed by atoms with E-state index in [4.69, 9.17) is 0 Å². The van der Waals surface area contributed by atoms with Crippen LogP contribution in [0, 0.1) is 0 Å². The van der Waals surface area contributed by atoms with Gasteiger partial charge in [-0.1, -0.05) is 84.9 Å². The summed E-state index contributed by atoms with van der Waals surface area (Å²) in [6.45, 7) is 0. The normalized spacial score (nSPS) is 12.0. The summed E-state index contributed by atoms with van der Waals surface area (Å²) >= 11 is 1.87. The quantitative estimate of drug-likeness (QED) is 0.189. The number of para-hydroxylation sites is 3. The Kier molecular flexibility index (Phi) is 5.54. The van der Waals surface area contributed by atoms with Gasteiger partial charge in [0.1, 0.15) is 0 Å². The molecule has 0 saturated heterocycles. The average molecular weight is 605 g/mol. The van der Waals surface area contributed by atoms with Crippen molar-refractivity contribution in [3.63, 3.8) is 0 Å². The standard InChI is InChI=1S/C43H28N2S/c1-2-10-30(11-3-1)44-38-15-7-4-12-32(38)35-25-28(18-21-40(35)44)24-29-19-22-41-36(26-29)33-13-5-8-16-39(33)45(41)31-20-23-43-37(27-31)34-14-6-9-17-42(34)46-43/h1-23,25-27H,24H2. The molecule has 0 aliphatic rings. The van der Waals surface area contributed by atoms with Gasteiger partial charge in [0.25, 0.3) is 0 Å². The first-order chi connectivity index (χ1) is 22.8. The zero-order chi connectivity index (χ0) is 30.2. The van der Waals surface area contributed by atoms with E-state index >= 15 is 0 Å². The molecule has 3 heterocycles. The largest absolute Gasteiger partial charge is 0.309 e. The first-order valence-electron chi connectivity index (χ1n) is 15.8. The van der Waals surface area contributed by atoms with Crippen LogP contribution in [0.5, 0.6) is 0 Å². The fraction of sp³-hybridized carbons (Fsp3) is 0.0233. The van der Waals surface area contributed by atoms with Crippen LogP contribution in [-0.4, -0.2) is 9.13 Å². The van der Waals surface area contributed by atoms with Crippen molar-refractivity contribution < 1.29 is 0 Å². The smallest absolute Gasteiger partial charge is 0.0541 e. The van der Waals surface area contributed by atoms with Gasteiger partial charge in [0, 0.05) is 53.1 Å².